The molecule has 0 bridgehead atoms. The third-order valence-electron chi connectivity index (χ3n) is 10.9. The molecular weight excluding hydrogens is 720 g/mol. The van der Waals surface area contributed by atoms with Crippen molar-refractivity contribution in [1.29, 1.82) is 0 Å². The minimum Gasteiger partial charge on any atom is -0.352 e. The van der Waals surface area contributed by atoms with Gasteiger partial charge in [-0.3, -0.25) is 9.35 Å². The third kappa shape index (κ3) is 8.49. The second-order valence-electron chi connectivity index (χ2n) is 15.4. The van der Waals surface area contributed by atoms with Gasteiger partial charge in [-0.05, 0) is 99.1 Å². The number of nitrogens with one attached hydrogen (secondary N) is 1. The van der Waals surface area contributed by atoms with Crippen LogP contribution in [0.25, 0.3) is 0 Å². The lowest BCUT2D eigenvalue weighted by molar-refractivity contribution is -0.437. The van der Waals surface area contributed by atoms with E-state index in [4.69, 9.17) is 11.6 Å². The molecule has 0 spiro atoms. The van der Waals surface area contributed by atoms with E-state index in [1.807, 2.05) is 6.07 Å². The Morgan fingerprint density at radius 1 is 0.907 bits per heavy atom. The molecule has 0 radical (unpaired) electrons. The van der Waals surface area contributed by atoms with Crippen LogP contribution >= 0.6 is 11.6 Å². The first kappa shape index (κ1) is 39.4. The Morgan fingerprint density at radius 2 is 1.61 bits per heavy atom. The fraction of sp³-hybridized carbons (Fsp3) is 0.364. The minimum atomic E-state index is -4.00. The largest absolute Gasteiger partial charge is 0.352 e. The van der Waals surface area contributed by atoms with Crippen LogP contribution in [-0.4, -0.2) is 54.6 Å². The Balaban J connectivity index is 1.24. The normalized spacial score (nSPS) is 19.3. The van der Waals surface area contributed by atoms with Gasteiger partial charge in [-0.15, -0.1) is 0 Å². The summed E-state index contributed by atoms with van der Waals surface area (Å²) in [6.07, 6.45) is 13.1. The number of unbranched alkanes of at least 4 members (excludes halogenated alkanes) is 1. The summed E-state index contributed by atoms with van der Waals surface area (Å²) in [6, 6.07) is 22.4. The molecule has 2 heterocycles. The molecule has 3 aromatic rings. The van der Waals surface area contributed by atoms with E-state index in [0.29, 0.717) is 38.0 Å². The number of nitrogens with zero attached hydrogens (tertiary/aromatic N) is 2. The Bertz CT molecular complexity index is 2180. The number of fused-ring (bicyclic) bond motifs is 2. The van der Waals surface area contributed by atoms with Gasteiger partial charge in [0.25, 0.3) is 16.0 Å². The van der Waals surface area contributed by atoms with Gasteiger partial charge in [0.15, 0.2) is 12.3 Å². The Hall–Kier alpha value is -4.31. The molecular formula is C44H50ClFN3O4S+. The Morgan fingerprint density at radius 3 is 2.35 bits per heavy atom. The smallest absolute Gasteiger partial charge is 0.264 e. The highest BCUT2D eigenvalue weighted by atomic mass is 35.5. The van der Waals surface area contributed by atoms with Crippen LogP contribution in [0, 0.1) is 5.82 Å². The highest BCUT2D eigenvalue weighted by molar-refractivity contribution is 7.85. The molecule has 7 nitrogen and oxygen atoms in total. The summed E-state index contributed by atoms with van der Waals surface area (Å²) in [4.78, 5) is 14.9. The van der Waals surface area contributed by atoms with Gasteiger partial charge in [-0.25, -0.2) is 4.39 Å². The zero-order valence-corrected chi connectivity index (χ0v) is 33.1. The van der Waals surface area contributed by atoms with Gasteiger partial charge in [0.2, 0.25) is 5.69 Å². The van der Waals surface area contributed by atoms with Crippen LogP contribution in [0.3, 0.4) is 0 Å². The fourth-order valence-corrected chi connectivity index (χ4v) is 8.91. The SMILES string of the molecule is CC1(C)C(/C=C/C2=C(Cl)C(=C/C=C3/N(CCCCS(=O)(=O)O)c4ccccc4C3(C)C)/CCC2)=[N+](CCCNC(=O)c2ccc([18F])cc2)c2ccccc21. The van der Waals surface area contributed by atoms with Crippen molar-refractivity contribution in [2.75, 3.05) is 30.3 Å². The number of para-hydroxylation sites is 2. The summed E-state index contributed by atoms with van der Waals surface area (Å²) < 4.78 is 47.6. The molecule has 2 N–H and O–H groups in total. The summed E-state index contributed by atoms with van der Waals surface area (Å²) in [5, 5.41) is 3.74. The lowest BCUT2D eigenvalue weighted by atomic mass is 9.81. The maximum Gasteiger partial charge on any atom is 0.264 e. The van der Waals surface area contributed by atoms with E-state index in [2.05, 4.69) is 109 Å². The molecule has 10 heteroatoms. The van der Waals surface area contributed by atoms with E-state index in [0.717, 1.165) is 58.9 Å². The average Bonchev–Trinajstić information content (AvgIpc) is 3.48. The highest BCUT2D eigenvalue weighted by Gasteiger charge is 2.44. The lowest BCUT2D eigenvalue weighted by Crippen LogP contribution is -2.29. The minimum absolute atomic E-state index is 0.218. The van der Waals surface area contributed by atoms with Crippen molar-refractivity contribution in [2.45, 2.75) is 77.0 Å². The molecule has 0 saturated carbocycles. The lowest BCUT2D eigenvalue weighted by Gasteiger charge is -2.27. The molecule has 3 aliphatic rings. The summed E-state index contributed by atoms with van der Waals surface area (Å²) in [7, 11) is -4.00. The van der Waals surface area contributed by atoms with Crippen LogP contribution in [0.5, 0.6) is 0 Å². The van der Waals surface area contributed by atoms with Crippen LogP contribution in [-0.2, 0) is 20.9 Å². The maximum atomic E-state index is 13.3. The predicted molar refractivity (Wildman–Crippen MR) is 217 cm³/mol. The highest BCUT2D eigenvalue weighted by Crippen LogP contribution is 2.48. The number of anilines is 1. The van der Waals surface area contributed by atoms with E-state index in [9.17, 15) is 22.2 Å². The number of rotatable bonds is 13. The molecule has 1 aliphatic carbocycles. The number of halogens is 2. The Labute approximate surface area is 324 Å². The first-order valence-corrected chi connectivity index (χ1v) is 20.8. The average molecular weight is 770 g/mol. The van der Waals surface area contributed by atoms with Crippen LogP contribution < -0.4 is 10.2 Å². The van der Waals surface area contributed by atoms with Crippen molar-refractivity contribution in [3.63, 3.8) is 0 Å². The molecule has 1 amide bonds. The number of hydrogen-bond acceptors (Lipinski definition) is 4. The molecule has 0 atom stereocenters. The molecule has 6 rings (SSSR count). The molecule has 2 aliphatic heterocycles. The van der Waals surface area contributed by atoms with E-state index in [-0.39, 0.29) is 28.3 Å². The summed E-state index contributed by atoms with van der Waals surface area (Å²) >= 11 is 7.20. The van der Waals surface area contributed by atoms with Crippen LogP contribution in [0.1, 0.15) is 87.7 Å². The summed E-state index contributed by atoms with van der Waals surface area (Å²) in [6.45, 7) is 10.7. The number of carbonyl (C=O) groups is 1. The van der Waals surface area contributed by atoms with Gasteiger partial charge in [-0.1, -0.05) is 74.0 Å². The van der Waals surface area contributed by atoms with Crippen molar-refractivity contribution in [1.82, 2.24) is 5.32 Å². The summed E-state index contributed by atoms with van der Waals surface area (Å²) in [5.41, 5.74) is 9.13. The van der Waals surface area contributed by atoms with Gasteiger partial charge >= 0.3 is 0 Å². The van der Waals surface area contributed by atoms with Gasteiger partial charge in [0, 0.05) is 64.6 Å². The maximum absolute atomic E-state index is 13.3. The molecule has 0 unspecified atom stereocenters. The third-order valence-corrected chi connectivity index (χ3v) is 12.2. The second kappa shape index (κ2) is 16.2. The van der Waals surface area contributed by atoms with Crippen LogP contribution in [0.4, 0.5) is 15.8 Å². The zero-order valence-electron chi connectivity index (χ0n) is 31.5. The monoisotopic (exact) mass is 769 g/mol. The van der Waals surface area contributed by atoms with E-state index < -0.39 is 10.1 Å². The van der Waals surface area contributed by atoms with Crippen LogP contribution in [0.2, 0.25) is 0 Å². The number of amides is 1. The van der Waals surface area contributed by atoms with E-state index >= 15 is 0 Å². The van der Waals surface area contributed by atoms with Gasteiger partial charge < -0.3 is 10.2 Å². The fourth-order valence-electron chi connectivity index (χ4n) is 8.03. The van der Waals surface area contributed by atoms with Crippen molar-refractivity contribution < 1.29 is 26.7 Å². The molecule has 0 fully saturated rings. The van der Waals surface area contributed by atoms with E-state index in [1.54, 1.807) is 0 Å². The number of benzene rings is 3. The molecule has 0 saturated heterocycles. The number of hydrogen-bond donors (Lipinski definition) is 2. The van der Waals surface area contributed by atoms with Crippen LogP contribution in [0.15, 0.2) is 119 Å². The number of allylic oxidation sites excluding steroid dienone is 8. The summed E-state index contributed by atoms with van der Waals surface area (Å²) in [5.74, 6) is -0.836. The second-order valence-corrected chi connectivity index (χ2v) is 17.3. The van der Waals surface area contributed by atoms with Gasteiger partial charge in [-0.2, -0.15) is 13.0 Å². The quantitative estimate of drug-likeness (QED) is 0.103. The van der Waals surface area contributed by atoms with Crippen molar-refractivity contribution >= 4 is 44.7 Å². The first-order chi connectivity index (χ1) is 25.7. The topological polar surface area (TPSA) is 89.7 Å². The first-order valence-electron chi connectivity index (χ1n) is 18.8. The Kier molecular flexibility index (Phi) is 11.8. The van der Waals surface area contributed by atoms with Crippen molar-refractivity contribution in [3.05, 3.63) is 141 Å². The standard InChI is InChI=1S/C44H49ClFN3O4S/c1-43(2)35-15-5-7-17-37(35)48(28-9-10-30-54(51,52)53)39(43)25-21-31-13-11-14-32(41(31)45)22-26-40-44(3,4)36-16-6-8-18-38(36)49(40)29-12-27-47-42(50)33-19-23-34(46)24-20-33/h5-8,15-26H,9-14,27-30H2,1-4H3,(H-,47,50,51,52,53)/p+1/i46-1. The van der Waals surface area contributed by atoms with E-state index in [1.165, 1.54) is 41.1 Å². The molecule has 3 aromatic carbocycles. The predicted octanol–water partition coefficient (Wildman–Crippen LogP) is 9.53. The van der Waals surface area contributed by atoms with Gasteiger partial charge in [0.05, 0.1) is 11.2 Å². The molecule has 284 valence electrons. The van der Waals surface area contributed by atoms with Crippen molar-refractivity contribution in [2.24, 2.45) is 0 Å². The number of carbonyl (C=O) groups excluding carboxylic acids is 1. The molecule has 0 aromatic heterocycles. The molecule has 54 heavy (non-hydrogen) atoms. The van der Waals surface area contributed by atoms with Crippen molar-refractivity contribution in [3.8, 4) is 0 Å². The zero-order chi connectivity index (χ0) is 38.7. The van der Waals surface area contributed by atoms with Gasteiger partial charge in [0.1, 0.15) is 5.82 Å².